The quantitative estimate of drug-likeness (QED) is 0.852. The number of rotatable bonds is 6. The van der Waals surface area contributed by atoms with Crippen LogP contribution in [-0.2, 0) is 0 Å². The second kappa shape index (κ2) is 6.27. The van der Waals surface area contributed by atoms with Crippen LogP contribution >= 0.6 is 0 Å². The van der Waals surface area contributed by atoms with Crippen LogP contribution < -0.4 is 10.6 Å². The fraction of sp³-hybridized carbons (Fsp3) is 0.438. The summed E-state index contributed by atoms with van der Waals surface area (Å²) >= 11 is 0. The molecule has 0 saturated heterocycles. The predicted octanol–water partition coefficient (Wildman–Crippen LogP) is 1.95. The first-order valence-corrected chi connectivity index (χ1v) is 7.57. The maximum atomic E-state index is 12.2. The van der Waals surface area contributed by atoms with Crippen molar-refractivity contribution in [1.82, 2.24) is 20.8 Å². The Bertz CT molecular complexity index is 664. The molecular formula is C16H20N4O2. The van der Waals surface area contributed by atoms with Crippen LogP contribution in [0, 0.1) is 0 Å². The zero-order valence-corrected chi connectivity index (χ0v) is 12.8. The van der Waals surface area contributed by atoms with E-state index >= 15 is 0 Å². The molecule has 1 atom stereocenters. The number of nitrogens with zero attached hydrogens (tertiary/aromatic N) is 2. The largest absolute Gasteiger partial charge is 0.350 e. The summed E-state index contributed by atoms with van der Waals surface area (Å²) in [6, 6.07) is 7.52. The molecule has 2 N–H and O–H groups in total. The molecule has 3 rings (SSSR count). The molecule has 0 bridgehead atoms. The molecule has 6 nitrogen and oxygen atoms in total. The Morgan fingerprint density at radius 3 is 3.00 bits per heavy atom. The predicted molar refractivity (Wildman–Crippen MR) is 82.6 cm³/mol. The van der Waals surface area contributed by atoms with Gasteiger partial charge in [0.1, 0.15) is 0 Å². The third kappa shape index (κ3) is 3.33. The van der Waals surface area contributed by atoms with Gasteiger partial charge in [0.05, 0.1) is 0 Å². The first-order valence-electron chi connectivity index (χ1n) is 7.57. The highest BCUT2D eigenvalue weighted by atomic mass is 16.5. The number of nitrogens with one attached hydrogen (secondary N) is 2. The van der Waals surface area contributed by atoms with Crippen LogP contribution in [0.3, 0.4) is 0 Å². The molecule has 6 heteroatoms. The van der Waals surface area contributed by atoms with Gasteiger partial charge in [0.15, 0.2) is 0 Å². The van der Waals surface area contributed by atoms with Crippen LogP contribution in [0.15, 0.2) is 28.8 Å². The molecule has 0 radical (unpaired) electrons. The zero-order chi connectivity index (χ0) is 15.5. The number of likely N-dealkylation sites (N-methyl/N-ethyl adjacent to an activating group) is 1. The number of amides is 1. The molecule has 0 aliphatic heterocycles. The first-order chi connectivity index (χ1) is 10.7. The average molecular weight is 300 g/mol. The molecule has 0 spiro atoms. The van der Waals surface area contributed by atoms with Crippen molar-refractivity contribution in [2.45, 2.75) is 31.7 Å². The topological polar surface area (TPSA) is 80.0 Å². The van der Waals surface area contributed by atoms with E-state index in [0.717, 1.165) is 18.4 Å². The smallest absolute Gasteiger partial charge is 0.251 e. The molecule has 1 aliphatic rings. The van der Waals surface area contributed by atoms with E-state index in [1.54, 1.807) is 12.1 Å². The van der Waals surface area contributed by atoms with E-state index < -0.39 is 0 Å². The molecule has 1 aliphatic carbocycles. The number of aromatic nitrogens is 2. The monoisotopic (exact) mass is 300 g/mol. The van der Waals surface area contributed by atoms with Gasteiger partial charge in [-0.1, -0.05) is 17.3 Å². The Morgan fingerprint density at radius 1 is 1.45 bits per heavy atom. The molecule has 1 saturated carbocycles. The lowest BCUT2D eigenvalue weighted by atomic mass is 10.1. The van der Waals surface area contributed by atoms with Gasteiger partial charge in [-0.3, -0.25) is 4.79 Å². The summed E-state index contributed by atoms with van der Waals surface area (Å²) in [5.41, 5.74) is 1.39. The van der Waals surface area contributed by atoms with Crippen molar-refractivity contribution >= 4 is 5.91 Å². The maximum absolute atomic E-state index is 12.2. The zero-order valence-electron chi connectivity index (χ0n) is 12.8. The minimum Gasteiger partial charge on any atom is -0.350 e. The van der Waals surface area contributed by atoms with E-state index in [4.69, 9.17) is 4.52 Å². The summed E-state index contributed by atoms with van der Waals surface area (Å²) in [6.07, 6.45) is 2.24. The summed E-state index contributed by atoms with van der Waals surface area (Å²) in [6.45, 7) is 2.59. The van der Waals surface area contributed by atoms with Gasteiger partial charge in [0.2, 0.25) is 11.7 Å². The Labute approximate surface area is 129 Å². The van der Waals surface area contributed by atoms with Gasteiger partial charge in [-0.2, -0.15) is 4.98 Å². The van der Waals surface area contributed by atoms with Crippen LogP contribution in [0.2, 0.25) is 0 Å². The standard InChI is InChI=1S/C16H20N4O2/c1-10(17-2)9-18-15(21)13-5-3-4-12(8-13)14-19-16(22-20-14)11-6-7-11/h3-5,8,10-11,17H,6-7,9H2,1-2H3,(H,18,21). The van der Waals surface area contributed by atoms with Crippen LogP contribution in [-0.4, -0.2) is 35.7 Å². The van der Waals surface area contributed by atoms with E-state index in [-0.39, 0.29) is 11.9 Å². The lowest BCUT2D eigenvalue weighted by Gasteiger charge is -2.11. The number of hydrogen-bond donors (Lipinski definition) is 2. The number of carbonyl (C=O) groups excluding carboxylic acids is 1. The Morgan fingerprint density at radius 2 is 2.27 bits per heavy atom. The Kier molecular flexibility index (Phi) is 4.20. The van der Waals surface area contributed by atoms with Crippen molar-refractivity contribution in [3.8, 4) is 11.4 Å². The fourth-order valence-electron chi connectivity index (χ4n) is 2.10. The summed E-state index contributed by atoms with van der Waals surface area (Å²) in [5, 5.41) is 9.98. The van der Waals surface area contributed by atoms with Crippen LogP contribution in [0.25, 0.3) is 11.4 Å². The molecule has 1 aromatic heterocycles. The number of carbonyl (C=O) groups is 1. The van der Waals surface area contributed by atoms with Crippen LogP contribution in [0.1, 0.15) is 41.9 Å². The highest BCUT2D eigenvalue weighted by Gasteiger charge is 2.29. The van der Waals surface area contributed by atoms with E-state index in [9.17, 15) is 4.79 Å². The minimum absolute atomic E-state index is 0.102. The van der Waals surface area contributed by atoms with Crippen molar-refractivity contribution < 1.29 is 9.32 Å². The molecular weight excluding hydrogens is 280 g/mol. The second-order valence-corrected chi connectivity index (χ2v) is 5.71. The molecule has 22 heavy (non-hydrogen) atoms. The lowest BCUT2D eigenvalue weighted by molar-refractivity contribution is 0.0950. The van der Waals surface area contributed by atoms with E-state index in [0.29, 0.717) is 29.7 Å². The molecule has 116 valence electrons. The summed E-state index contributed by atoms with van der Waals surface area (Å²) in [5.74, 6) is 1.57. The van der Waals surface area contributed by atoms with E-state index in [1.807, 2.05) is 26.1 Å². The van der Waals surface area contributed by atoms with E-state index in [2.05, 4.69) is 20.8 Å². The normalized spacial score (nSPS) is 15.5. The third-order valence-corrected chi connectivity index (χ3v) is 3.81. The molecule has 2 aromatic rings. The highest BCUT2D eigenvalue weighted by Crippen LogP contribution is 2.39. The minimum atomic E-state index is -0.102. The lowest BCUT2D eigenvalue weighted by Crippen LogP contribution is -2.37. The van der Waals surface area contributed by atoms with Gasteiger partial charge in [0.25, 0.3) is 5.91 Å². The van der Waals surface area contributed by atoms with Crippen molar-refractivity contribution in [2.24, 2.45) is 0 Å². The van der Waals surface area contributed by atoms with Crippen molar-refractivity contribution in [3.05, 3.63) is 35.7 Å². The average Bonchev–Trinajstić information content (AvgIpc) is 3.29. The van der Waals surface area contributed by atoms with Crippen molar-refractivity contribution in [2.75, 3.05) is 13.6 Å². The van der Waals surface area contributed by atoms with Gasteiger partial charge in [-0.05, 0) is 38.9 Å². The van der Waals surface area contributed by atoms with Crippen LogP contribution in [0.4, 0.5) is 0 Å². The van der Waals surface area contributed by atoms with Gasteiger partial charge in [0, 0.05) is 29.6 Å². The highest BCUT2D eigenvalue weighted by molar-refractivity contribution is 5.95. The second-order valence-electron chi connectivity index (χ2n) is 5.71. The number of benzene rings is 1. The Hall–Kier alpha value is -2.21. The third-order valence-electron chi connectivity index (χ3n) is 3.81. The Balaban J connectivity index is 1.72. The van der Waals surface area contributed by atoms with Gasteiger partial charge >= 0.3 is 0 Å². The summed E-state index contributed by atoms with van der Waals surface area (Å²) < 4.78 is 5.27. The first kappa shape index (κ1) is 14.7. The molecule has 1 heterocycles. The fourth-order valence-corrected chi connectivity index (χ4v) is 2.10. The van der Waals surface area contributed by atoms with Gasteiger partial charge < -0.3 is 15.2 Å². The van der Waals surface area contributed by atoms with Gasteiger partial charge in [-0.25, -0.2) is 0 Å². The SMILES string of the molecule is CNC(C)CNC(=O)c1cccc(-c2noc(C3CC3)n2)c1. The molecule has 1 aromatic carbocycles. The summed E-state index contributed by atoms with van der Waals surface area (Å²) in [7, 11) is 1.87. The van der Waals surface area contributed by atoms with Crippen molar-refractivity contribution in [1.29, 1.82) is 0 Å². The molecule has 1 amide bonds. The molecule has 1 unspecified atom stereocenters. The van der Waals surface area contributed by atoms with Crippen LogP contribution in [0.5, 0.6) is 0 Å². The molecule has 1 fully saturated rings. The van der Waals surface area contributed by atoms with Crippen molar-refractivity contribution in [3.63, 3.8) is 0 Å². The van der Waals surface area contributed by atoms with E-state index in [1.165, 1.54) is 0 Å². The summed E-state index contributed by atoms with van der Waals surface area (Å²) in [4.78, 5) is 16.6. The maximum Gasteiger partial charge on any atom is 0.251 e. The van der Waals surface area contributed by atoms with Gasteiger partial charge in [-0.15, -0.1) is 0 Å². The number of hydrogen-bond acceptors (Lipinski definition) is 5.